The summed E-state index contributed by atoms with van der Waals surface area (Å²) in [6.07, 6.45) is 1.25. The van der Waals surface area contributed by atoms with Gasteiger partial charge in [0.15, 0.2) is 5.76 Å². The van der Waals surface area contributed by atoms with Gasteiger partial charge in [0.05, 0.1) is 7.11 Å². The van der Waals surface area contributed by atoms with Gasteiger partial charge < -0.3 is 9.15 Å². The summed E-state index contributed by atoms with van der Waals surface area (Å²) >= 11 is 0. The fourth-order valence-corrected chi connectivity index (χ4v) is 2.64. The smallest absolute Gasteiger partial charge is 0.203 e. The third-order valence-corrected chi connectivity index (χ3v) is 4.84. The Hall–Kier alpha value is -2.10. The Labute approximate surface area is 149 Å². The first-order valence-electron chi connectivity index (χ1n) is 8.62. The van der Waals surface area contributed by atoms with Gasteiger partial charge in [-0.05, 0) is 38.0 Å². The second kappa shape index (κ2) is 6.66. The van der Waals surface area contributed by atoms with E-state index in [9.17, 15) is 9.59 Å². The van der Waals surface area contributed by atoms with Crippen molar-refractivity contribution in [3.8, 4) is 5.75 Å². The maximum Gasteiger partial charge on any atom is 0.203 e. The molecule has 0 aliphatic rings. The minimum absolute atomic E-state index is 0.0294. The van der Waals surface area contributed by atoms with Gasteiger partial charge in [0.25, 0.3) is 0 Å². The van der Waals surface area contributed by atoms with Gasteiger partial charge in [-0.25, -0.2) is 0 Å². The molecule has 0 saturated heterocycles. The number of Topliss-reactive ketones (excluding diaryl/α,β-unsaturated/α-hetero) is 2. The fourth-order valence-electron chi connectivity index (χ4n) is 2.64. The zero-order valence-corrected chi connectivity index (χ0v) is 16.3. The van der Waals surface area contributed by atoms with Crippen molar-refractivity contribution in [1.29, 1.82) is 0 Å². The number of fused-ring (bicyclic) bond motifs is 1. The van der Waals surface area contributed by atoms with Crippen LogP contribution in [0.1, 0.15) is 64.1 Å². The molecule has 0 atom stereocenters. The summed E-state index contributed by atoms with van der Waals surface area (Å²) in [4.78, 5) is 24.7. The maximum absolute atomic E-state index is 12.9. The largest absolute Gasteiger partial charge is 0.497 e. The van der Waals surface area contributed by atoms with Gasteiger partial charge in [-0.15, -0.1) is 0 Å². The molecule has 0 radical (unpaired) electrons. The summed E-state index contributed by atoms with van der Waals surface area (Å²) in [5.74, 6) is 1.23. The topological polar surface area (TPSA) is 56.5 Å². The predicted molar refractivity (Wildman–Crippen MR) is 99.3 cm³/mol. The average Bonchev–Trinajstić information content (AvgIpc) is 2.88. The van der Waals surface area contributed by atoms with Gasteiger partial charge in [0.2, 0.25) is 5.78 Å². The monoisotopic (exact) mass is 344 g/mol. The molecule has 0 aliphatic carbocycles. The lowest BCUT2D eigenvalue weighted by Gasteiger charge is -2.21. The number of rotatable bonds is 6. The lowest BCUT2D eigenvalue weighted by atomic mass is 9.81. The Morgan fingerprint density at radius 2 is 1.76 bits per heavy atom. The van der Waals surface area contributed by atoms with Crippen molar-refractivity contribution < 1.29 is 18.7 Å². The highest BCUT2D eigenvalue weighted by molar-refractivity contribution is 6.03. The summed E-state index contributed by atoms with van der Waals surface area (Å²) in [5.41, 5.74) is 0.556. The number of furan rings is 1. The minimum Gasteiger partial charge on any atom is -0.497 e. The number of methoxy groups -OCH3 is 1. The number of aryl methyl sites for hydroxylation is 1. The van der Waals surface area contributed by atoms with E-state index in [0.29, 0.717) is 24.2 Å². The molecule has 1 aromatic carbocycles. The highest BCUT2D eigenvalue weighted by Gasteiger charge is 2.31. The normalized spacial score (nSPS) is 12.4. The Morgan fingerprint density at radius 3 is 2.28 bits per heavy atom. The summed E-state index contributed by atoms with van der Waals surface area (Å²) in [6.45, 7) is 11.1. The number of hydrogen-bond acceptors (Lipinski definition) is 4. The van der Waals surface area contributed by atoms with E-state index < -0.39 is 10.8 Å². The maximum atomic E-state index is 12.9. The van der Waals surface area contributed by atoms with Gasteiger partial charge in [-0.3, -0.25) is 9.59 Å². The summed E-state index contributed by atoms with van der Waals surface area (Å²) in [7, 11) is 1.61. The average molecular weight is 344 g/mol. The van der Waals surface area contributed by atoms with Crippen molar-refractivity contribution in [2.45, 2.75) is 54.4 Å². The van der Waals surface area contributed by atoms with E-state index in [2.05, 4.69) is 0 Å². The third-order valence-electron chi connectivity index (χ3n) is 4.84. The number of benzene rings is 1. The van der Waals surface area contributed by atoms with Crippen LogP contribution in [-0.4, -0.2) is 18.7 Å². The van der Waals surface area contributed by atoms with Crippen LogP contribution in [0.4, 0.5) is 0 Å². The van der Waals surface area contributed by atoms with E-state index >= 15 is 0 Å². The zero-order chi connectivity index (χ0) is 19.0. The molecule has 0 saturated carbocycles. The van der Waals surface area contributed by atoms with Crippen LogP contribution in [0.2, 0.25) is 0 Å². The number of hydrogen-bond donors (Lipinski definition) is 0. The van der Waals surface area contributed by atoms with E-state index in [4.69, 9.17) is 9.15 Å². The second-order valence-corrected chi connectivity index (χ2v) is 8.29. The van der Waals surface area contributed by atoms with Gasteiger partial charge >= 0.3 is 0 Å². The number of carbonyl (C=O) groups excluding carboxylic acids is 2. The fraction of sp³-hybridized carbons (Fsp3) is 0.524. The number of carbonyl (C=O) groups is 2. The summed E-state index contributed by atoms with van der Waals surface area (Å²) in [6, 6.07) is 5.54. The molecule has 2 rings (SSSR count). The van der Waals surface area contributed by atoms with E-state index in [1.807, 2.05) is 52.8 Å². The van der Waals surface area contributed by atoms with E-state index in [0.717, 1.165) is 16.7 Å². The number of ketones is 2. The Balaban J connectivity index is 2.56. The molecule has 25 heavy (non-hydrogen) atoms. The first kappa shape index (κ1) is 19.2. The van der Waals surface area contributed by atoms with Gasteiger partial charge in [-0.2, -0.15) is 0 Å². The molecule has 0 amide bonds. The molecule has 0 aliphatic heterocycles. The van der Waals surface area contributed by atoms with Crippen molar-refractivity contribution in [3.63, 3.8) is 0 Å². The van der Waals surface area contributed by atoms with Crippen LogP contribution >= 0.6 is 0 Å². The molecular formula is C21H28O4. The van der Waals surface area contributed by atoms with Gasteiger partial charge in [-0.1, -0.05) is 34.6 Å². The molecule has 0 N–H and O–H groups in total. The first-order chi connectivity index (χ1) is 11.5. The van der Waals surface area contributed by atoms with E-state index in [1.54, 1.807) is 14.0 Å². The second-order valence-electron chi connectivity index (χ2n) is 8.29. The van der Waals surface area contributed by atoms with Crippen LogP contribution in [0.5, 0.6) is 5.75 Å². The molecule has 0 fully saturated rings. The molecule has 2 aromatic rings. The Morgan fingerprint density at radius 1 is 1.12 bits per heavy atom. The van der Waals surface area contributed by atoms with Crippen LogP contribution in [0.25, 0.3) is 11.0 Å². The van der Waals surface area contributed by atoms with E-state index in [1.165, 1.54) is 0 Å². The van der Waals surface area contributed by atoms with Crippen LogP contribution in [0.3, 0.4) is 0 Å². The highest BCUT2D eigenvalue weighted by atomic mass is 16.5. The lowest BCUT2D eigenvalue weighted by Crippen LogP contribution is -2.23. The highest BCUT2D eigenvalue weighted by Crippen LogP contribution is 2.35. The molecule has 1 aromatic heterocycles. The zero-order valence-electron chi connectivity index (χ0n) is 16.3. The first-order valence-corrected chi connectivity index (χ1v) is 8.62. The Bertz CT molecular complexity index is 803. The van der Waals surface area contributed by atoms with E-state index in [-0.39, 0.29) is 11.6 Å². The quantitative estimate of drug-likeness (QED) is 0.674. The molecular weight excluding hydrogens is 316 g/mol. The standard InChI is InChI=1S/C21H28O4/c1-13(22)21(5,6)11-10-15-16-12-14(24-7)8-9-17(16)25-18(15)19(23)20(2,3)4/h8-9,12H,10-11H2,1-7H3. The molecule has 4 nitrogen and oxygen atoms in total. The predicted octanol–water partition coefficient (Wildman–Crippen LogP) is 5.22. The molecule has 4 heteroatoms. The van der Waals surface area contributed by atoms with Crippen molar-refractivity contribution in [3.05, 3.63) is 29.5 Å². The summed E-state index contributed by atoms with van der Waals surface area (Å²) in [5, 5.41) is 0.881. The number of ether oxygens (including phenoxy) is 1. The van der Waals surface area contributed by atoms with Crippen LogP contribution < -0.4 is 4.74 Å². The van der Waals surface area contributed by atoms with Crippen molar-refractivity contribution >= 4 is 22.5 Å². The Kier molecular flexibility index (Phi) is 5.12. The van der Waals surface area contributed by atoms with Gasteiger partial charge in [0, 0.05) is 21.8 Å². The molecule has 0 spiro atoms. The van der Waals surface area contributed by atoms with Crippen molar-refractivity contribution in [2.24, 2.45) is 10.8 Å². The third kappa shape index (κ3) is 3.94. The van der Waals surface area contributed by atoms with Gasteiger partial charge in [0.1, 0.15) is 17.1 Å². The SMILES string of the molecule is COc1ccc2oc(C(=O)C(C)(C)C)c(CCC(C)(C)C(C)=O)c2c1. The van der Waals surface area contributed by atoms with Crippen molar-refractivity contribution in [2.75, 3.05) is 7.11 Å². The van der Waals surface area contributed by atoms with Crippen molar-refractivity contribution in [1.82, 2.24) is 0 Å². The molecule has 0 unspecified atom stereocenters. The lowest BCUT2D eigenvalue weighted by molar-refractivity contribution is -0.125. The minimum atomic E-state index is -0.539. The van der Waals surface area contributed by atoms with Crippen LogP contribution in [0.15, 0.2) is 22.6 Å². The molecule has 0 bridgehead atoms. The molecule has 136 valence electrons. The van der Waals surface area contributed by atoms with Crippen LogP contribution in [-0.2, 0) is 11.2 Å². The summed E-state index contributed by atoms with van der Waals surface area (Å²) < 4.78 is 11.2. The van der Waals surface area contributed by atoms with Crippen LogP contribution in [0, 0.1) is 10.8 Å². The molecule has 1 heterocycles.